The third-order valence-corrected chi connectivity index (χ3v) is 2.81. The smallest absolute Gasteiger partial charge is 0.0876 e. The predicted octanol–water partition coefficient (Wildman–Crippen LogP) is 3.02. The summed E-state index contributed by atoms with van der Waals surface area (Å²) in [5.41, 5.74) is 2.10. The van der Waals surface area contributed by atoms with E-state index < -0.39 is 0 Å². The van der Waals surface area contributed by atoms with Crippen LogP contribution < -0.4 is 5.32 Å². The Kier molecular flexibility index (Phi) is 3.82. The molecule has 0 aliphatic rings. The van der Waals surface area contributed by atoms with Crippen LogP contribution in [-0.4, -0.2) is 15.8 Å². The van der Waals surface area contributed by atoms with Gasteiger partial charge in [-0.05, 0) is 17.7 Å². The fourth-order valence-corrected chi connectivity index (χ4v) is 1.96. The normalized spacial score (nSPS) is 11.1. The lowest BCUT2D eigenvalue weighted by atomic mass is 10.1. The van der Waals surface area contributed by atoms with Crippen molar-refractivity contribution in [1.29, 1.82) is 0 Å². The molecule has 2 aromatic rings. The number of halogens is 1. The Balaban J connectivity index is 2.35. The molecule has 90 valence electrons. The van der Waals surface area contributed by atoms with Crippen molar-refractivity contribution in [1.82, 2.24) is 15.1 Å². The standard InChI is InChI=1S/C13H16ClN3/c1-10(2)15-9-11-5-3-6-12(14)13(11)17-8-4-7-16-17/h3-8,10,15H,9H2,1-2H3. The first kappa shape index (κ1) is 12.1. The maximum Gasteiger partial charge on any atom is 0.0876 e. The number of hydrogen-bond donors (Lipinski definition) is 1. The van der Waals surface area contributed by atoms with Gasteiger partial charge in [0.25, 0.3) is 0 Å². The quantitative estimate of drug-likeness (QED) is 0.903. The molecule has 0 saturated carbocycles. The SMILES string of the molecule is CC(C)NCc1cccc(Cl)c1-n1cccn1. The van der Waals surface area contributed by atoms with Gasteiger partial charge in [0, 0.05) is 25.0 Å². The molecule has 1 aromatic carbocycles. The fourth-order valence-electron chi connectivity index (χ4n) is 1.67. The third kappa shape index (κ3) is 2.87. The molecule has 0 aliphatic heterocycles. The third-order valence-electron chi connectivity index (χ3n) is 2.50. The Bertz CT molecular complexity index is 477. The first-order valence-electron chi connectivity index (χ1n) is 5.69. The van der Waals surface area contributed by atoms with Crippen molar-refractivity contribution >= 4 is 11.6 Å². The zero-order chi connectivity index (χ0) is 12.3. The Morgan fingerprint density at radius 3 is 2.82 bits per heavy atom. The molecule has 3 nitrogen and oxygen atoms in total. The molecule has 0 radical (unpaired) electrons. The van der Waals surface area contributed by atoms with Gasteiger partial charge in [0.15, 0.2) is 0 Å². The number of aromatic nitrogens is 2. The molecule has 0 fully saturated rings. The van der Waals surface area contributed by atoms with Crippen LogP contribution in [0.4, 0.5) is 0 Å². The van der Waals surface area contributed by atoms with Crippen molar-refractivity contribution < 1.29 is 0 Å². The Morgan fingerprint density at radius 1 is 1.35 bits per heavy atom. The summed E-state index contributed by atoms with van der Waals surface area (Å²) >= 11 is 6.25. The molecule has 0 spiro atoms. The van der Waals surface area contributed by atoms with E-state index in [0.29, 0.717) is 6.04 Å². The molecule has 17 heavy (non-hydrogen) atoms. The first-order valence-corrected chi connectivity index (χ1v) is 6.07. The minimum absolute atomic E-state index is 0.444. The van der Waals surface area contributed by atoms with E-state index in [0.717, 1.165) is 22.8 Å². The summed E-state index contributed by atoms with van der Waals surface area (Å²) in [6, 6.07) is 8.25. The van der Waals surface area contributed by atoms with Gasteiger partial charge in [-0.2, -0.15) is 5.10 Å². The lowest BCUT2D eigenvalue weighted by molar-refractivity contribution is 0.586. The molecule has 0 atom stereocenters. The Morgan fingerprint density at radius 2 is 2.18 bits per heavy atom. The molecular weight excluding hydrogens is 234 g/mol. The highest BCUT2D eigenvalue weighted by atomic mass is 35.5. The van der Waals surface area contributed by atoms with E-state index in [1.807, 2.05) is 24.4 Å². The van der Waals surface area contributed by atoms with Crippen LogP contribution in [0.2, 0.25) is 5.02 Å². The number of nitrogens with one attached hydrogen (secondary N) is 1. The van der Waals surface area contributed by atoms with Crippen molar-refractivity contribution in [2.24, 2.45) is 0 Å². The van der Waals surface area contributed by atoms with Gasteiger partial charge < -0.3 is 5.32 Å². The van der Waals surface area contributed by atoms with Crippen molar-refractivity contribution in [2.45, 2.75) is 26.4 Å². The number of para-hydroxylation sites is 1. The van der Waals surface area contributed by atoms with Crippen LogP contribution in [0.5, 0.6) is 0 Å². The highest BCUT2D eigenvalue weighted by Gasteiger charge is 2.09. The lowest BCUT2D eigenvalue weighted by Crippen LogP contribution is -2.22. The average Bonchev–Trinajstić information content (AvgIpc) is 2.79. The molecule has 1 aromatic heterocycles. The van der Waals surface area contributed by atoms with Crippen molar-refractivity contribution in [3.8, 4) is 5.69 Å². The van der Waals surface area contributed by atoms with Crippen LogP contribution in [-0.2, 0) is 6.54 Å². The van der Waals surface area contributed by atoms with Gasteiger partial charge in [0.2, 0.25) is 0 Å². The number of hydrogen-bond acceptors (Lipinski definition) is 2. The number of benzene rings is 1. The minimum Gasteiger partial charge on any atom is -0.310 e. The predicted molar refractivity (Wildman–Crippen MR) is 70.5 cm³/mol. The van der Waals surface area contributed by atoms with Gasteiger partial charge >= 0.3 is 0 Å². The fraction of sp³-hybridized carbons (Fsp3) is 0.308. The maximum atomic E-state index is 6.25. The summed E-state index contributed by atoms with van der Waals surface area (Å²) in [4.78, 5) is 0. The molecular formula is C13H16ClN3. The van der Waals surface area contributed by atoms with Gasteiger partial charge in [0.1, 0.15) is 0 Å². The van der Waals surface area contributed by atoms with Crippen LogP contribution in [0.1, 0.15) is 19.4 Å². The average molecular weight is 250 g/mol. The molecule has 0 bridgehead atoms. The van der Waals surface area contributed by atoms with Crippen molar-refractivity contribution in [3.63, 3.8) is 0 Å². The zero-order valence-corrected chi connectivity index (χ0v) is 10.8. The summed E-state index contributed by atoms with van der Waals surface area (Å²) in [5, 5.41) is 8.35. The molecule has 0 aliphatic carbocycles. The molecule has 4 heteroatoms. The van der Waals surface area contributed by atoms with Gasteiger partial charge in [-0.25, -0.2) is 4.68 Å². The molecule has 1 heterocycles. The second-order valence-electron chi connectivity index (χ2n) is 4.23. The Hall–Kier alpha value is -1.32. The topological polar surface area (TPSA) is 29.9 Å². The summed E-state index contributed by atoms with van der Waals surface area (Å²) in [6.45, 7) is 5.03. The Labute approximate surface area is 106 Å². The van der Waals surface area contributed by atoms with E-state index in [-0.39, 0.29) is 0 Å². The van der Waals surface area contributed by atoms with E-state index in [4.69, 9.17) is 11.6 Å². The van der Waals surface area contributed by atoms with E-state index in [1.54, 1.807) is 10.9 Å². The highest BCUT2D eigenvalue weighted by molar-refractivity contribution is 6.32. The van der Waals surface area contributed by atoms with E-state index in [2.05, 4.69) is 30.3 Å². The summed E-state index contributed by atoms with van der Waals surface area (Å²) in [6.07, 6.45) is 3.66. The van der Waals surface area contributed by atoms with Gasteiger partial charge in [-0.15, -0.1) is 0 Å². The molecule has 0 amide bonds. The largest absolute Gasteiger partial charge is 0.310 e. The van der Waals surface area contributed by atoms with Crippen LogP contribution in [0.15, 0.2) is 36.7 Å². The molecule has 0 unspecified atom stereocenters. The lowest BCUT2D eigenvalue weighted by Gasteiger charge is -2.13. The van der Waals surface area contributed by atoms with Crippen LogP contribution >= 0.6 is 11.6 Å². The number of rotatable bonds is 4. The van der Waals surface area contributed by atoms with Crippen LogP contribution in [0, 0.1) is 0 Å². The number of nitrogens with zero attached hydrogens (tertiary/aromatic N) is 2. The van der Waals surface area contributed by atoms with Crippen LogP contribution in [0.25, 0.3) is 5.69 Å². The summed E-state index contributed by atoms with van der Waals surface area (Å²) in [5.74, 6) is 0. The summed E-state index contributed by atoms with van der Waals surface area (Å²) in [7, 11) is 0. The molecule has 0 saturated heterocycles. The van der Waals surface area contributed by atoms with E-state index in [9.17, 15) is 0 Å². The maximum absolute atomic E-state index is 6.25. The minimum atomic E-state index is 0.444. The van der Waals surface area contributed by atoms with Crippen molar-refractivity contribution in [2.75, 3.05) is 0 Å². The van der Waals surface area contributed by atoms with E-state index in [1.165, 1.54) is 0 Å². The van der Waals surface area contributed by atoms with E-state index >= 15 is 0 Å². The first-order chi connectivity index (χ1) is 8.18. The molecule has 1 N–H and O–H groups in total. The highest BCUT2D eigenvalue weighted by Crippen LogP contribution is 2.23. The van der Waals surface area contributed by atoms with Crippen LogP contribution in [0.3, 0.4) is 0 Å². The van der Waals surface area contributed by atoms with Gasteiger partial charge in [-0.1, -0.05) is 37.6 Å². The summed E-state index contributed by atoms with van der Waals surface area (Å²) < 4.78 is 1.81. The second kappa shape index (κ2) is 5.34. The molecule has 2 rings (SSSR count). The zero-order valence-electron chi connectivity index (χ0n) is 10.0. The monoisotopic (exact) mass is 249 g/mol. The van der Waals surface area contributed by atoms with Gasteiger partial charge in [-0.3, -0.25) is 0 Å². The van der Waals surface area contributed by atoms with Crippen molar-refractivity contribution in [3.05, 3.63) is 47.2 Å². The van der Waals surface area contributed by atoms with Gasteiger partial charge in [0.05, 0.1) is 10.7 Å². The second-order valence-corrected chi connectivity index (χ2v) is 4.64.